The molecular weight excluding hydrogens is 258 g/mol. The molecule has 0 N–H and O–H groups in total. The summed E-state index contributed by atoms with van der Waals surface area (Å²) in [6, 6.07) is 8.07. The van der Waals surface area contributed by atoms with Gasteiger partial charge in [-0.1, -0.05) is 36.2 Å². The first-order valence-electron chi connectivity index (χ1n) is 7.01. The Morgan fingerprint density at radius 3 is 2.53 bits per heavy atom. The highest BCUT2D eigenvalue weighted by Gasteiger charge is 2.15. The molecule has 19 heavy (non-hydrogen) atoms. The Hall–Kier alpha value is -0.990. The molecule has 2 nitrogen and oxygen atoms in total. The molecule has 1 aliphatic heterocycles. The molecule has 0 aliphatic carbocycles. The van der Waals surface area contributed by atoms with Gasteiger partial charge >= 0.3 is 0 Å². The molecule has 1 aromatic carbocycles. The van der Waals surface area contributed by atoms with Crippen molar-refractivity contribution in [3.05, 3.63) is 42.5 Å². The van der Waals surface area contributed by atoms with Crippen LogP contribution in [0.25, 0.3) is 0 Å². The van der Waals surface area contributed by atoms with Crippen molar-refractivity contribution in [2.45, 2.75) is 31.2 Å². The third-order valence-electron chi connectivity index (χ3n) is 3.42. The van der Waals surface area contributed by atoms with E-state index in [9.17, 15) is 0 Å². The van der Waals surface area contributed by atoms with E-state index >= 15 is 0 Å². The molecule has 3 heteroatoms. The number of piperidine rings is 1. The number of hydrogen-bond acceptors (Lipinski definition) is 2. The van der Waals surface area contributed by atoms with E-state index in [1.165, 1.54) is 24.8 Å². The minimum Gasteiger partial charge on any atom is -0.473 e. The van der Waals surface area contributed by atoms with Crippen molar-refractivity contribution in [3.8, 4) is 5.75 Å². The van der Waals surface area contributed by atoms with E-state index in [0.717, 1.165) is 31.8 Å². The van der Waals surface area contributed by atoms with Gasteiger partial charge in [0.05, 0.1) is 0 Å². The van der Waals surface area contributed by atoms with Gasteiger partial charge in [0, 0.05) is 6.54 Å². The van der Waals surface area contributed by atoms with Gasteiger partial charge in [-0.05, 0) is 50.0 Å². The number of likely N-dealkylation sites (tertiary alicyclic amines) is 1. The number of benzene rings is 1. The molecule has 104 valence electrons. The van der Waals surface area contributed by atoms with Gasteiger partial charge in [0.2, 0.25) is 0 Å². The molecular formula is C16H22ClNO. The molecule has 2 rings (SSSR count). The Balaban J connectivity index is 1.80. The molecule has 1 fully saturated rings. The average Bonchev–Trinajstić information content (AvgIpc) is 2.42. The minimum absolute atomic E-state index is 0.275. The van der Waals surface area contributed by atoms with Crippen molar-refractivity contribution in [3.63, 3.8) is 0 Å². The Morgan fingerprint density at radius 1 is 1.21 bits per heavy atom. The fourth-order valence-electron chi connectivity index (χ4n) is 2.40. The molecule has 0 bridgehead atoms. The molecule has 1 saturated heterocycles. The summed E-state index contributed by atoms with van der Waals surface area (Å²) in [5.41, 5.74) is 0.966. The lowest BCUT2D eigenvalue weighted by Crippen LogP contribution is -2.36. The van der Waals surface area contributed by atoms with Crippen LogP contribution >= 0.6 is 11.6 Å². The van der Waals surface area contributed by atoms with Crippen molar-refractivity contribution in [2.75, 3.05) is 19.6 Å². The zero-order valence-electron chi connectivity index (χ0n) is 11.4. The Kier molecular flexibility index (Phi) is 5.74. The van der Waals surface area contributed by atoms with Crippen LogP contribution in [0.15, 0.2) is 36.9 Å². The van der Waals surface area contributed by atoms with Crippen molar-refractivity contribution < 1.29 is 4.74 Å². The third kappa shape index (κ3) is 4.88. The van der Waals surface area contributed by atoms with Gasteiger partial charge in [0.1, 0.15) is 5.75 Å². The quantitative estimate of drug-likeness (QED) is 0.579. The number of rotatable bonds is 6. The number of nitrogens with zero attached hydrogens (tertiary/aromatic N) is 1. The van der Waals surface area contributed by atoms with Crippen molar-refractivity contribution >= 4 is 11.6 Å². The predicted octanol–water partition coefficient (Wildman–Crippen LogP) is 3.84. The monoisotopic (exact) mass is 279 g/mol. The normalized spacial score (nSPS) is 17.9. The van der Waals surface area contributed by atoms with Gasteiger partial charge in [0.15, 0.2) is 5.56 Å². The lowest BCUT2D eigenvalue weighted by molar-refractivity contribution is 0.163. The fraction of sp³-hybridized carbons (Fsp3) is 0.500. The smallest absolute Gasteiger partial charge is 0.184 e. The molecule has 0 radical (unpaired) electrons. The minimum atomic E-state index is -0.275. The van der Waals surface area contributed by atoms with Gasteiger partial charge in [0.25, 0.3) is 0 Å². The summed E-state index contributed by atoms with van der Waals surface area (Å²) in [5, 5.41) is 0. The summed E-state index contributed by atoms with van der Waals surface area (Å²) in [6.07, 6.45) is 6.68. The zero-order valence-corrected chi connectivity index (χ0v) is 12.1. The predicted molar refractivity (Wildman–Crippen MR) is 80.9 cm³/mol. The molecule has 1 aromatic rings. The van der Waals surface area contributed by atoms with Crippen molar-refractivity contribution in [1.29, 1.82) is 0 Å². The van der Waals surface area contributed by atoms with Gasteiger partial charge < -0.3 is 4.74 Å². The van der Waals surface area contributed by atoms with E-state index in [4.69, 9.17) is 16.3 Å². The third-order valence-corrected chi connectivity index (χ3v) is 3.64. The SMILES string of the molecule is C=CCc1ccc(OC(Cl)CN2CCCCC2)cc1. The van der Waals surface area contributed by atoms with Crippen LogP contribution in [0.5, 0.6) is 5.75 Å². The van der Waals surface area contributed by atoms with Crippen LogP contribution in [-0.4, -0.2) is 30.1 Å². The van der Waals surface area contributed by atoms with E-state index < -0.39 is 0 Å². The van der Waals surface area contributed by atoms with Crippen LogP contribution in [0.1, 0.15) is 24.8 Å². The summed E-state index contributed by atoms with van der Waals surface area (Å²) < 4.78 is 5.75. The second-order valence-electron chi connectivity index (χ2n) is 5.03. The molecule has 1 heterocycles. The molecule has 0 spiro atoms. The van der Waals surface area contributed by atoms with Gasteiger partial charge in [-0.3, -0.25) is 4.90 Å². The average molecular weight is 280 g/mol. The zero-order chi connectivity index (χ0) is 13.5. The number of ether oxygens (including phenoxy) is 1. The largest absolute Gasteiger partial charge is 0.473 e. The maximum Gasteiger partial charge on any atom is 0.184 e. The molecule has 1 unspecified atom stereocenters. The number of allylic oxidation sites excluding steroid dienone is 1. The van der Waals surface area contributed by atoms with Crippen LogP contribution in [-0.2, 0) is 6.42 Å². The highest BCUT2D eigenvalue weighted by molar-refractivity contribution is 6.20. The van der Waals surface area contributed by atoms with E-state index in [1.54, 1.807) is 0 Å². The fourth-order valence-corrected chi connectivity index (χ4v) is 2.70. The highest BCUT2D eigenvalue weighted by atomic mass is 35.5. The second kappa shape index (κ2) is 7.56. The van der Waals surface area contributed by atoms with Crippen LogP contribution in [0.2, 0.25) is 0 Å². The molecule has 0 saturated carbocycles. The molecule has 1 aliphatic rings. The number of alkyl halides is 1. The van der Waals surface area contributed by atoms with Gasteiger partial charge in [-0.15, -0.1) is 6.58 Å². The first-order chi connectivity index (χ1) is 9.28. The Morgan fingerprint density at radius 2 is 1.89 bits per heavy atom. The molecule has 0 amide bonds. The Labute approximate surface area is 121 Å². The molecule has 0 aromatic heterocycles. The van der Waals surface area contributed by atoms with E-state index in [-0.39, 0.29) is 5.56 Å². The van der Waals surface area contributed by atoms with E-state index in [2.05, 4.69) is 23.6 Å². The summed E-state index contributed by atoms with van der Waals surface area (Å²) in [7, 11) is 0. The summed E-state index contributed by atoms with van der Waals surface area (Å²) in [4.78, 5) is 2.38. The van der Waals surface area contributed by atoms with Gasteiger partial charge in [-0.25, -0.2) is 0 Å². The lowest BCUT2D eigenvalue weighted by Gasteiger charge is -2.28. The topological polar surface area (TPSA) is 12.5 Å². The Bertz CT molecular complexity index is 384. The lowest BCUT2D eigenvalue weighted by atomic mass is 10.1. The maximum atomic E-state index is 6.27. The number of hydrogen-bond donors (Lipinski definition) is 0. The first-order valence-corrected chi connectivity index (χ1v) is 7.44. The summed E-state index contributed by atoms with van der Waals surface area (Å²) >= 11 is 6.27. The molecule has 1 atom stereocenters. The van der Waals surface area contributed by atoms with Crippen LogP contribution in [0.3, 0.4) is 0 Å². The van der Waals surface area contributed by atoms with E-state index in [1.807, 2.05) is 18.2 Å². The van der Waals surface area contributed by atoms with E-state index in [0.29, 0.717) is 0 Å². The number of halogens is 1. The van der Waals surface area contributed by atoms with Crippen molar-refractivity contribution in [1.82, 2.24) is 4.90 Å². The van der Waals surface area contributed by atoms with Crippen molar-refractivity contribution in [2.24, 2.45) is 0 Å². The standard InChI is InChI=1S/C16H22ClNO/c1-2-6-14-7-9-15(10-8-14)19-16(17)13-18-11-4-3-5-12-18/h2,7-10,16H,1,3-6,11-13H2. The summed E-state index contributed by atoms with van der Waals surface area (Å²) in [6.45, 7) is 6.82. The van der Waals surface area contributed by atoms with Gasteiger partial charge in [-0.2, -0.15) is 0 Å². The summed E-state index contributed by atoms with van der Waals surface area (Å²) in [5.74, 6) is 0.838. The van der Waals surface area contributed by atoms with Crippen LogP contribution in [0.4, 0.5) is 0 Å². The maximum absolute atomic E-state index is 6.27. The van der Waals surface area contributed by atoms with Crippen LogP contribution < -0.4 is 4.74 Å². The highest BCUT2D eigenvalue weighted by Crippen LogP contribution is 2.17. The first kappa shape index (κ1) is 14.4. The second-order valence-corrected chi connectivity index (χ2v) is 5.51. The van der Waals surface area contributed by atoms with Crippen LogP contribution in [0, 0.1) is 0 Å².